The maximum absolute atomic E-state index is 11.7. The van der Waals surface area contributed by atoms with Gasteiger partial charge in [0.25, 0.3) is 29.6 Å². The Hall–Kier alpha value is -9.99. The summed E-state index contributed by atoms with van der Waals surface area (Å²) in [7, 11) is 6.02. The Morgan fingerprint density at radius 3 is 0.778 bits per heavy atom. The van der Waals surface area contributed by atoms with Crippen molar-refractivity contribution in [3.63, 3.8) is 0 Å². The number of nitrogens with two attached hydrogens (primary N) is 5. The number of hydrogen-bond donors (Lipinski definition) is 9. The summed E-state index contributed by atoms with van der Waals surface area (Å²) in [6.45, 7) is 21.1. The van der Waals surface area contributed by atoms with Gasteiger partial charge in [-0.3, -0.25) is 33.6 Å². The summed E-state index contributed by atoms with van der Waals surface area (Å²) >= 11 is 4.97. The van der Waals surface area contributed by atoms with E-state index in [9.17, 15) is 38.4 Å². The van der Waals surface area contributed by atoms with Crippen molar-refractivity contribution in [2.45, 2.75) is 135 Å². The summed E-state index contributed by atoms with van der Waals surface area (Å²) in [5.74, 6) is -3.28. The zero-order valence-electron chi connectivity index (χ0n) is 72.8. The van der Waals surface area contributed by atoms with Crippen LogP contribution in [0.2, 0.25) is 15.1 Å². The van der Waals surface area contributed by atoms with Crippen molar-refractivity contribution in [1.29, 1.82) is 0 Å². The number of esters is 4. The van der Waals surface area contributed by atoms with Gasteiger partial charge in [0.05, 0.1) is 61.5 Å². The second-order valence-electron chi connectivity index (χ2n) is 29.6. The first kappa shape index (κ1) is 118. The molecule has 0 aliphatic heterocycles. The maximum Gasteiger partial charge on any atom is 0.404 e. The van der Waals surface area contributed by atoms with Gasteiger partial charge in [-0.15, -0.1) is 0 Å². The maximum atomic E-state index is 11.7. The lowest BCUT2D eigenvalue weighted by molar-refractivity contribution is -0.143. The molecule has 9 aromatic rings. The summed E-state index contributed by atoms with van der Waals surface area (Å²) in [5, 5.41) is 40.1. The summed E-state index contributed by atoms with van der Waals surface area (Å²) in [6.07, 6.45) is 0. The Bertz CT molecular complexity index is 4110. The number of aliphatic hydroxyl groups is 3. The van der Waals surface area contributed by atoms with E-state index >= 15 is 0 Å². The summed E-state index contributed by atoms with van der Waals surface area (Å²) in [6, 6.07) is 86.9. The standard InChI is InChI=1S/2C20H27NO3Si.C16H20Si.C8H7ClO2.2C8H8O2.2C4H9NO3.C3H7NO3.CH4.Cl2OS/c2*1-20(2,3)25(16-11-7-5-8-12-16,17-13-9-6-10-14-17)24-15-18(21)19(22)23-4;1-16(2,3)17(14-10-6-4-7-11-14)15-12-8-5-9-13-15;9-8(10)11-6-7-4-2-1-3-5-7;2*9-7-10-6-8-4-2-1-3-5-8;2*1-8-4(7)3(5)2-6;4-2(1-5)3(6)7;;1-4(2)3/h2*5-14,18H,15,21H2,1-4H3;4-13,17H,1-3H3;1-5H,6H2;2*1-5,7H,6H2;2*3,6H,2,5H2,1H3;2,5H,1,4H2,(H,6,7);1H4;. The first-order valence-corrected chi connectivity index (χ1v) is 47.5. The van der Waals surface area contributed by atoms with Crippen molar-refractivity contribution in [2.24, 2.45) is 28.7 Å². The number of carbonyl (C=O) groups is 8. The molecule has 9 rings (SSSR count). The van der Waals surface area contributed by atoms with Gasteiger partial charge in [0, 0.05) is 33.0 Å². The van der Waals surface area contributed by atoms with Crippen LogP contribution in [0, 0.1) is 0 Å². The molecule has 0 aliphatic carbocycles. The average molecular weight is 1880 g/mol. The fourth-order valence-electron chi connectivity index (χ4n) is 11.5. The van der Waals surface area contributed by atoms with Crippen LogP contribution in [0.4, 0.5) is 4.79 Å². The Morgan fingerprint density at radius 2 is 0.603 bits per heavy atom. The topological polar surface area (TPSA) is 448 Å². The van der Waals surface area contributed by atoms with Crippen molar-refractivity contribution in [3.8, 4) is 0 Å². The molecule has 690 valence electrons. The highest BCUT2D eigenvalue weighted by Gasteiger charge is 2.52. The predicted octanol–water partition coefficient (Wildman–Crippen LogP) is 9.26. The number of carboxylic acid groups (broad SMARTS) is 1. The number of aliphatic carboxylic acids is 1. The monoisotopic (exact) mass is 1870 g/mol. The van der Waals surface area contributed by atoms with Crippen LogP contribution < -0.4 is 59.8 Å². The van der Waals surface area contributed by atoms with Crippen molar-refractivity contribution in [3.05, 3.63) is 290 Å². The first-order chi connectivity index (χ1) is 59.2. The van der Waals surface area contributed by atoms with Crippen LogP contribution in [-0.2, 0) is 105 Å². The van der Waals surface area contributed by atoms with Gasteiger partial charge in [-0.25, -0.2) is 9.00 Å². The highest BCUT2D eigenvalue weighted by Crippen LogP contribution is 2.38. The van der Waals surface area contributed by atoms with Gasteiger partial charge in [0.1, 0.15) is 58.8 Å². The highest BCUT2D eigenvalue weighted by atomic mass is 36.0. The molecular weight excluding hydrogens is 1750 g/mol. The Labute approximate surface area is 761 Å². The number of hydrogen-bond acceptors (Lipinski definition) is 26. The van der Waals surface area contributed by atoms with Crippen LogP contribution in [0.15, 0.2) is 273 Å². The minimum Gasteiger partial charge on any atom is -0.480 e. The van der Waals surface area contributed by atoms with E-state index in [4.69, 9.17) is 83.2 Å². The third-order valence-corrected chi connectivity index (χ3v) is 31.3. The molecule has 0 fully saturated rings. The number of halogens is 3. The summed E-state index contributed by atoms with van der Waals surface area (Å²) in [4.78, 5) is 83.3. The van der Waals surface area contributed by atoms with Crippen LogP contribution >= 0.6 is 33.0 Å². The molecule has 14 N–H and O–H groups in total. The molecule has 5 unspecified atom stereocenters. The van der Waals surface area contributed by atoms with E-state index in [1.165, 1.54) is 38.8 Å². The van der Waals surface area contributed by atoms with Crippen molar-refractivity contribution >= 4 is 147 Å². The lowest BCUT2D eigenvalue weighted by Gasteiger charge is -2.43. The molecular formula is C92H126Cl3N5O22SSi3. The number of aliphatic hydroxyl groups excluding tert-OH is 3. The quantitative estimate of drug-likeness (QED) is 0.00724. The fraction of sp³-hybridized carbons (Fsp3) is 0.326. The van der Waals surface area contributed by atoms with E-state index in [1.54, 1.807) is 0 Å². The molecule has 0 saturated heterocycles. The SMILES string of the molecule is C.CC(C)(C)[SiH](c1ccccc1)c1ccccc1.COC(=O)C(N)CO.COC(=O)C(N)CO.COC(=O)C(N)CO[Si](c1ccccc1)(c1ccccc1)C(C)(C)C.COC(=O)C(N)CO[Si](c1ccccc1)(c1ccccc1)C(C)(C)C.NC(CO)C(=O)O.O=C(Cl)OCc1ccccc1.O=COCc1ccccc1.O=COCc1ccccc1.O=S(Cl)Cl. The summed E-state index contributed by atoms with van der Waals surface area (Å²) < 4.78 is 53.7. The Morgan fingerprint density at radius 1 is 0.389 bits per heavy atom. The minimum atomic E-state index is -2.66. The molecule has 0 amide bonds. The molecule has 27 nitrogen and oxygen atoms in total. The van der Waals surface area contributed by atoms with Gasteiger partial charge < -0.3 is 91.1 Å². The minimum absolute atomic E-state index is 0. The van der Waals surface area contributed by atoms with E-state index in [0.29, 0.717) is 31.2 Å². The second-order valence-corrected chi connectivity index (χ2v) is 44.9. The van der Waals surface area contributed by atoms with Crippen LogP contribution in [0.3, 0.4) is 0 Å². The van der Waals surface area contributed by atoms with E-state index in [2.05, 4.69) is 217 Å². The van der Waals surface area contributed by atoms with E-state index in [0.717, 1.165) is 37.4 Å². The van der Waals surface area contributed by atoms with E-state index in [-0.39, 0.29) is 50.5 Å². The number of rotatable bonds is 28. The number of carboxylic acids is 1. The smallest absolute Gasteiger partial charge is 0.404 e. The van der Waals surface area contributed by atoms with Crippen molar-refractivity contribution in [2.75, 3.05) is 61.5 Å². The predicted molar refractivity (Wildman–Crippen MR) is 507 cm³/mol. The van der Waals surface area contributed by atoms with Gasteiger partial charge >= 0.3 is 35.3 Å². The van der Waals surface area contributed by atoms with Crippen LogP contribution in [0.25, 0.3) is 0 Å². The average Bonchev–Trinajstić information content (AvgIpc) is 0.751. The van der Waals surface area contributed by atoms with E-state index in [1.807, 2.05) is 164 Å². The lowest BCUT2D eigenvalue weighted by Crippen LogP contribution is -2.67. The molecule has 0 radical (unpaired) electrons. The molecule has 0 spiro atoms. The molecule has 34 heteroatoms. The second kappa shape index (κ2) is 66.4. The molecule has 5 atom stereocenters. The first-order valence-electron chi connectivity index (χ1n) is 38.8. The Balaban J connectivity index is 0. The third kappa shape index (κ3) is 46.5. The van der Waals surface area contributed by atoms with Crippen LogP contribution in [-0.4, -0.2) is 190 Å². The third-order valence-electron chi connectivity index (χ3n) is 17.4. The highest BCUT2D eigenvalue weighted by molar-refractivity contribution is 8.26. The summed E-state index contributed by atoms with van der Waals surface area (Å²) in [5.41, 5.74) is 28.9. The van der Waals surface area contributed by atoms with Gasteiger partial charge in [-0.1, -0.05) is 353 Å². The van der Waals surface area contributed by atoms with Gasteiger partial charge in [-0.2, -0.15) is 0 Å². The molecule has 9 aromatic carbocycles. The lowest BCUT2D eigenvalue weighted by atomic mass is 10.2. The van der Waals surface area contributed by atoms with Crippen LogP contribution in [0.5, 0.6) is 0 Å². The zero-order valence-corrected chi connectivity index (χ0v) is 79.1. The Kier molecular flexibility index (Phi) is 62.2. The molecule has 0 bridgehead atoms. The molecule has 0 aromatic heterocycles. The van der Waals surface area contributed by atoms with Gasteiger partial charge in [0.15, 0.2) is 0 Å². The fourth-order valence-corrected chi connectivity index (χ4v) is 24.4. The van der Waals surface area contributed by atoms with Crippen molar-refractivity contribution < 1.29 is 105 Å². The number of benzene rings is 9. The van der Waals surface area contributed by atoms with Crippen molar-refractivity contribution in [1.82, 2.24) is 0 Å². The van der Waals surface area contributed by atoms with Gasteiger partial charge in [0.2, 0.25) is 9.23 Å². The zero-order chi connectivity index (χ0) is 94.5. The van der Waals surface area contributed by atoms with E-state index < -0.39 is 107 Å². The number of carbonyl (C=O) groups excluding carboxylic acids is 7. The largest absolute Gasteiger partial charge is 0.480 e. The van der Waals surface area contributed by atoms with Crippen LogP contribution in [0.1, 0.15) is 86.4 Å². The molecule has 0 saturated carbocycles. The molecule has 126 heavy (non-hydrogen) atoms. The molecule has 0 heterocycles. The van der Waals surface area contributed by atoms with Gasteiger partial charge in [-0.05, 0) is 52.6 Å². The normalized spacial score (nSPS) is 11.7. The molecule has 0 aliphatic rings. The number of methoxy groups -OCH3 is 4. The number of ether oxygens (including phenoxy) is 7.